The minimum atomic E-state index is -0.181. The number of carbonyl (C=O) groups is 1. The molecule has 0 unspecified atom stereocenters. The summed E-state index contributed by atoms with van der Waals surface area (Å²) in [5, 5.41) is 12.0. The molecule has 3 aromatic rings. The van der Waals surface area contributed by atoms with Crippen molar-refractivity contribution >= 4 is 39.4 Å². The van der Waals surface area contributed by atoms with Crippen LogP contribution in [-0.2, 0) is 11.3 Å². The Morgan fingerprint density at radius 2 is 1.84 bits per heavy atom. The maximum absolute atomic E-state index is 12.3. The SMILES string of the molecule is CCn1c(SCC(=O)Nc2ccc(Br)cn2)nnc1-c1cc(OC)c(OC)c(OC)c1. The minimum absolute atomic E-state index is 0.172. The highest BCUT2D eigenvalue weighted by Gasteiger charge is 2.19. The quantitative estimate of drug-likeness (QED) is 0.435. The van der Waals surface area contributed by atoms with Crippen molar-refractivity contribution in [3.05, 3.63) is 34.9 Å². The van der Waals surface area contributed by atoms with Crippen LogP contribution in [0.25, 0.3) is 11.4 Å². The average Bonchev–Trinajstić information content (AvgIpc) is 3.21. The number of amides is 1. The smallest absolute Gasteiger partial charge is 0.236 e. The molecule has 3 rings (SSSR count). The summed E-state index contributed by atoms with van der Waals surface area (Å²) in [6.45, 7) is 2.61. The number of aromatic nitrogens is 4. The molecule has 0 bridgehead atoms. The Morgan fingerprint density at radius 3 is 2.39 bits per heavy atom. The minimum Gasteiger partial charge on any atom is -0.493 e. The van der Waals surface area contributed by atoms with Gasteiger partial charge in [0.2, 0.25) is 11.7 Å². The largest absolute Gasteiger partial charge is 0.493 e. The third-order valence-corrected chi connectivity index (χ3v) is 5.72. The first-order chi connectivity index (χ1) is 15.0. The van der Waals surface area contributed by atoms with Crippen LogP contribution in [0.1, 0.15) is 6.92 Å². The first-order valence-electron chi connectivity index (χ1n) is 9.28. The second-order valence-corrected chi connectivity index (χ2v) is 8.02. The topological polar surface area (TPSA) is 100 Å². The van der Waals surface area contributed by atoms with E-state index in [1.165, 1.54) is 11.8 Å². The van der Waals surface area contributed by atoms with Crippen LogP contribution in [0.5, 0.6) is 17.2 Å². The molecule has 0 saturated carbocycles. The van der Waals surface area contributed by atoms with Crippen LogP contribution in [0, 0.1) is 0 Å². The van der Waals surface area contributed by atoms with E-state index in [1.807, 2.05) is 29.7 Å². The van der Waals surface area contributed by atoms with E-state index in [-0.39, 0.29) is 11.7 Å². The van der Waals surface area contributed by atoms with E-state index in [2.05, 4.69) is 36.4 Å². The van der Waals surface area contributed by atoms with Crippen molar-refractivity contribution in [1.82, 2.24) is 19.7 Å². The van der Waals surface area contributed by atoms with E-state index >= 15 is 0 Å². The lowest BCUT2D eigenvalue weighted by Gasteiger charge is -2.14. The summed E-state index contributed by atoms with van der Waals surface area (Å²) < 4.78 is 19.0. The number of halogens is 1. The molecule has 1 amide bonds. The van der Waals surface area contributed by atoms with Crippen molar-refractivity contribution in [2.75, 3.05) is 32.4 Å². The normalized spacial score (nSPS) is 10.6. The van der Waals surface area contributed by atoms with Crippen molar-refractivity contribution in [3.63, 3.8) is 0 Å². The zero-order valence-corrected chi connectivity index (χ0v) is 19.9. The van der Waals surface area contributed by atoms with Gasteiger partial charge in [-0.2, -0.15) is 0 Å². The van der Waals surface area contributed by atoms with Crippen molar-refractivity contribution in [3.8, 4) is 28.6 Å². The Labute approximate surface area is 192 Å². The van der Waals surface area contributed by atoms with Crippen LogP contribution in [0.4, 0.5) is 5.82 Å². The fraction of sp³-hybridized carbons (Fsp3) is 0.300. The number of thioether (sulfide) groups is 1. The first kappa shape index (κ1) is 22.9. The maximum Gasteiger partial charge on any atom is 0.236 e. The molecule has 11 heteroatoms. The van der Waals surface area contributed by atoms with Gasteiger partial charge in [0.25, 0.3) is 0 Å². The van der Waals surface area contributed by atoms with Gasteiger partial charge in [-0.3, -0.25) is 4.79 Å². The molecule has 164 valence electrons. The van der Waals surface area contributed by atoms with Gasteiger partial charge in [0.05, 0.1) is 27.1 Å². The Hall–Kier alpha value is -2.79. The second kappa shape index (κ2) is 10.5. The molecule has 1 aromatic carbocycles. The van der Waals surface area contributed by atoms with Gasteiger partial charge in [-0.05, 0) is 47.1 Å². The second-order valence-electron chi connectivity index (χ2n) is 6.16. The molecule has 9 nitrogen and oxygen atoms in total. The van der Waals surface area contributed by atoms with Crippen LogP contribution in [0.3, 0.4) is 0 Å². The number of methoxy groups -OCH3 is 3. The molecule has 0 aliphatic carbocycles. The molecular formula is C20H22BrN5O4S. The van der Waals surface area contributed by atoms with Crippen molar-refractivity contribution < 1.29 is 19.0 Å². The summed E-state index contributed by atoms with van der Waals surface area (Å²) in [4.78, 5) is 16.4. The highest BCUT2D eigenvalue weighted by atomic mass is 79.9. The number of nitrogens with zero attached hydrogens (tertiary/aromatic N) is 4. The van der Waals surface area contributed by atoms with Crippen molar-refractivity contribution in [2.45, 2.75) is 18.6 Å². The lowest BCUT2D eigenvalue weighted by atomic mass is 10.1. The molecule has 2 aromatic heterocycles. The van der Waals surface area contributed by atoms with Gasteiger partial charge in [-0.15, -0.1) is 10.2 Å². The van der Waals surface area contributed by atoms with E-state index in [9.17, 15) is 4.79 Å². The molecule has 0 fully saturated rings. The zero-order chi connectivity index (χ0) is 22.4. The molecule has 1 N–H and O–H groups in total. The standard InChI is InChI=1S/C20H22BrN5O4S/c1-5-26-19(12-8-14(28-2)18(30-4)15(9-12)29-3)24-25-20(26)31-11-17(27)23-16-7-6-13(21)10-22-16/h6-10H,5,11H2,1-4H3,(H,22,23,27). The summed E-state index contributed by atoms with van der Waals surface area (Å²) in [6, 6.07) is 7.17. The van der Waals surface area contributed by atoms with Gasteiger partial charge in [-0.1, -0.05) is 11.8 Å². The fourth-order valence-electron chi connectivity index (χ4n) is 2.86. The number of carbonyl (C=O) groups excluding carboxylic acids is 1. The van der Waals surface area contributed by atoms with E-state index in [0.29, 0.717) is 40.6 Å². The monoisotopic (exact) mass is 507 g/mol. The number of hydrogen-bond donors (Lipinski definition) is 1. The number of anilines is 1. The van der Waals surface area contributed by atoms with Crippen LogP contribution in [0.15, 0.2) is 40.1 Å². The Bertz CT molecular complexity index is 1030. The van der Waals surface area contributed by atoms with Gasteiger partial charge >= 0.3 is 0 Å². The third kappa shape index (κ3) is 5.28. The molecule has 0 atom stereocenters. The average molecular weight is 508 g/mol. The van der Waals surface area contributed by atoms with Gasteiger partial charge < -0.3 is 24.1 Å². The number of pyridine rings is 1. The first-order valence-corrected chi connectivity index (χ1v) is 11.1. The number of benzene rings is 1. The molecule has 31 heavy (non-hydrogen) atoms. The Morgan fingerprint density at radius 1 is 1.13 bits per heavy atom. The van der Waals surface area contributed by atoms with Gasteiger partial charge in [0.1, 0.15) is 5.82 Å². The molecule has 0 spiro atoms. The van der Waals surface area contributed by atoms with Gasteiger partial charge in [0, 0.05) is 22.8 Å². The van der Waals surface area contributed by atoms with Crippen molar-refractivity contribution in [1.29, 1.82) is 0 Å². The fourth-order valence-corrected chi connectivity index (χ4v) is 3.90. The molecule has 0 aliphatic heterocycles. The lowest BCUT2D eigenvalue weighted by molar-refractivity contribution is -0.113. The zero-order valence-electron chi connectivity index (χ0n) is 17.5. The lowest BCUT2D eigenvalue weighted by Crippen LogP contribution is -2.15. The number of hydrogen-bond acceptors (Lipinski definition) is 8. The Balaban J connectivity index is 1.79. The van der Waals surface area contributed by atoms with E-state index in [0.717, 1.165) is 10.0 Å². The highest BCUT2D eigenvalue weighted by molar-refractivity contribution is 9.10. The maximum atomic E-state index is 12.3. The highest BCUT2D eigenvalue weighted by Crippen LogP contribution is 2.41. The predicted octanol–water partition coefficient (Wildman–Crippen LogP) is 3.88. The van der Waals surface area contributed by atoms with Gasteiger partial charge in [-0.25, -0.2) is 4.98 Å². The third-order valence-electron chi connectivity index (χ3n) is 4.28. The number of ether oxygens (including phenoxy) is 3. The summed E-state index contributed by atoms with van der Waals surface area (Å²) in [7, 11) is 4.68. The number of rotatable bonds is 9. The molecular weight excluding hydrogens is 486 g/mol. The van der Waals surface area contributed by atoms with Crippen LogP contribution >= 0.6 is 27.7 Å². The summed E-state index contributed by atoms with van der Waals surface area (Å²) in [5.41, 5.74) is 0.763. The van der Waals surface area contributed by atoms with Crippen LogP contribution in [-0.4, -0.2) is 52.7 Å². The predicted molar refractivity (Wildman–Crippen MR) is 122 cm³/mol. The molecule has 2 heterocycles. The molecule has 0 aliphatic rings. The summed E-state index contributed by atoms with van der Waals surface area (Å²) in [5.74, 6) is 2.67. The van der Waals surface area contributed by atoms with Gasteiger partial charge in [0.15, 0.2) is 22.5 Å². The number of nitrogens with one attached hydrogen (secondary N) is 1. The van der Waals surface area contributed by atoms with E-state index < -0.39 is 0 Å². The Kier molecular flexibility index (Phi) is 7.75. The van der Waals surface area contributed by atoms with Crippen LogP contribution in [0.2, 0.25) is 0 Å². The summed E-state index contributed by atoms with van der Waals surface area (Å²) in [6.07, 6.45) is 1.63. The molecule has 0 radical (unpaired) electrons. The van der Waals surface area contributed by atoms with Crippen LogP contribution < -0.4 is 19.5 Å². The molecule has 0 saturated heterocycles. The summed E-state index contributed by atoms with van der Waals surface area (Å²) >= 11 is 4.61. The van der Waals surface area contributed by atoms with Crippen molar-refractivity contribution in [2.24, 2.45) is 0 Å². The van der Waals surface area contributed by atoms with E-state index in [4.69, 9.17) is 14.2 Å². The van der Waals surface area contributed by atoms with E-state index in [1.54, 1.807) is 33.6 Å².